The Morgan fingerprint density at radius 1 is 0.811 bits per heavy atom. The van der Waals surface area contributed by atoms with Crippen molar-refractivity contribution in [1.82, 2.24) is 0 Å². The lowest BCUT2D eigenvalue weighted by atomic mass is 9.33. The van der Waals surface area contributed by atoms with Gasteiger partial charge in [-0.1, -0.05) is 39.8 Å². The summed E-state index contributed by atoms with van der Waals surface area (Å²) in [6.45, 7) is 14.1. The average Bonchev–Trinajstić information content (AvgIpc) is 3.26. The smallest absolute Gasteiger partial charge is 0.310 e. The summed E-state index contributed by atoms with van der Waals surface area (Å²) >= 11 is 0. The molecule has 0 radical (unpaired) electrons. The fraction of sp³-hybridized carbons (Fsp3) is 0.833. The Morgan fingerprint density at radius 3 is 2.00 bits per heavy atom. The highest BCUT2D eigenvalue weighted by Crippen LogP contribution is 2.79. The topological polar surface area (TPSA) is 132 Å². The lowest BCUT2D eigenvalue weighted by molar-refractivity contribution is -0.239. The number of carbonyl (C=O) groups is 3. The molecule has 5 aliphatic carbocycles. The van der Waals surface area contributed by atoms with Crippen LogP contribution < -0.4 is 0 Å². The highest BCUT2D eigenvalue weighted by Gasteiger charge is 2.78. The summed E-state index contributed by atoms with van der Waals surface area (Å²) in [5, 5.41) is 43.3. The molecule has 5 fully saturated rings. The second-order valence-corrected chi connectivity index (χ2v) is 14.4. The van der Waals surface area contributed by atoms with Crippen LogP contribution in [0.1, 0.15) is 86.0 Å². The summed E-state index contributed by atoms with van der Waals surface area (Å²) in [5.74, 6) is -4.47. The molecule has 0 spiro atoms. The van der Waals surface area contributed by atoms with Crippen LogP contribution in [0.2, 0.25) is 0 Å². The van der Waals surface area contributed by atoms with E-state index in [1.54, 1.807) is 0 Å². The van der Waals surface area contributed by atoms with Gasteiger partial charge in [0.1, 0.15) is 0 Å². The minimum absolute atomic E-state index is 0.0220. The molecule has 0 aliphatic heterocycles. The fourth-order valence-corrected chi connectivity index (χ4v) is 11.9. The van der Waals surface area contributed by atoms with Crippen LogP contribution in [0.3, 0.4) is 0 Å². The number of rotatable bonds is 4. The fourth-order valence-electron chi connectivity index (χ4n) is 11.9. The Labute approximate surface area is 219 Å². The summed E-state index contributed by atoms with van der Waals surface area (Å²) in [6, 6.07) is 0. The first kappa shape index (κ1) is 26.7. The number of hydrogen-bond donors (Lipinski definition) is 4. The second-order valence-electron chi connectivity index (χ2n) is 14.4. The largest absolute Gasteiger partial charge is 0.481 e. The Balaban J connectivity index is 1.69. The van der Waals surface area contributed by atoms with Gasteiger partial charge in [-0.15, -0.1) is 0 Å². The zero-order valence-corrected chi connectivity index (χ0v) is 22.9. The van der Waals surface area contributed by atoms with Crippen molar-refractivity contribution >= 4 is 17.9 Å². The standard InChI is InChI=1S/C30H44O7/c1-15(2)16-9-12-29(24(34)35)13-14-30(25(36)37)17(20(16)29)7-8-19-27(30,5)11-10-18-26(3,4)22(31)21(23(32)33)28(18,19)6/h16-22,31H,1,7-14H2,2-6H3,(H,32,33)(H,34,35)(H,36,37)/t16-,17+,18-,19-,20-,21+,22-,27+,28-,29-,30+/m0/s1. The van der Waals surface area contributed by atoms with Crippen LogP contribution in [0.4, 0.5) is 0 Å². The molecule has 206 valence electrons. The van der Waals surface area contributed by atoms with E-state index in [9.17, 15) is 34.8 Å². The molecule has 5 aliphatic rings. The number of fused-ring (bicyclic) bond motifs is 7. The average molecular weight is 517 g/mol. The van der Waals surface area contributed by atoms with Gasteiger partial charge in [-0.2, -0.15) is 0 Å². The molecule has 0 aromatic heterocycles. The van der Waals surface area contributed by atoms with E-state index in [4.69, 9.17) is 0 Å². The molecule has 7 heteroatoms. The van der Waals surface area contributed by atoms with E-state index in [0.29, 0.717) is 44.9 Å². The molecule has 0 unspecified atom stereocenters. The van der Waals surface area contributed by atoms with Gasteiger partial charge >= 0.3 is 17.9 Å². The molecule has 0 aromatic carbocycles. The predicted molar refractivity (Wildman–Crippen MR) is 136 cm³/mol. The van der Waals surface area contributed by atoms with Gasteiger partial charge in [-0.25, -0.2) is 0 Å². The minimum atomic E-state index is -1.13. The third-order valence-electron chi connectivity index (χ3n) is 13.4. The summed E-state index contributed by atoms with van der Waals surface area (Å²) in [7, 11) is 0. The van der Waals surface area contributed by atoms with Crippen molar-refractivity contribution in [1.29, 1.82) is 0 Å². The van der Waals surface area contributed by atoms with Crippen molar-refractivity contribution in [2.45, 2.75) is 92.1 Å². The number of aliphatic hydroxyl groups is 1. The van der Waals surface area contributed by atoms with E-state index < -0.39 is 57.0 Å². The first-order chi connectivity index (χ1) is 17.0. The van der Waals surface area contributed by atoms with E-state index in [1.807, 2.05) is 27.7 Å². The zero-order chi connectivity index (χ0) is 27.5. The molecule has 0 aromatic rings. The van der Waals surface area contributed by atoms with Crippen LogP contribution in [0.5, 0.6) is 0 Å². The number of carboxylic acids is 3. The lowest BCUT2D eigenvalue weighted by Gasteiger charge is -2.69. The Kier molecular flexibility index (Phi) is 5.65. The molecule has 7 nitrogen and oxygen atoms in total. The molecule has 5 saturated carbocycles. The SMILES string of the molecule is C=C(C)[C@@H]1CC[C@]2(C(=O)O)CC[C@]3(C(=O)O)[C@H](CC[C@@H]4[C@@]5(C)[C@@H](C(=O)O)[C@H](O)C(C)(C)[C@@H]5CC[C@]43C)[C@H]12. The van der Waals surface area contributed by atoms with E-state index in [2.05, 4.69) is 13.5 Å². The van der Waals surface area contributed by atoms with Gasteiger partial charge in [0.2, 0.25) is 0 Å². The quantitative estimate of drug-likeness (QED) is 0.383. The number of carboxylic acid groups (broad SMARTS) is 3. The maximum atomic E-state index is 13.6. The predicted octanol–water partition coefficient (Wildman–Crippen LogP) is 5.07. The molecular formula is C30H44O7. The Morgan fingerprint density at radius 2 is 1.46 bits per heavy atom. The summed E-state index contributed by atoms with van der Waals surface area (Å²) in [5.41, 5.74) is -3.16. The molecule has 0 amide bonds. The molecule has 5 rings (SSSR count). The van der Waals surface area contributed by atoms with Gasteiger partial charge in [0.05, 0.1) is 22.9 Å². The zero-order valence-electron chi connectivity index (χ0n) is 22.9. The maximum Gasteiger partial charge on any atom is 0.310 e. The number of aliphatic carboxylic acids is 3. The normalized spacial score (nSPS) is 51.8. The van der Waals surface area contributed by atoms with Gasteiger partial charge < -0.3 is 20.4 Å². The summed E-state index contributed by atoms with van der Waals surface area (Å²) in [6.07, 6.45) is 3.44. The molecule has 0 bridgehead atoms. The van der Waals surface area contributed by atoms with Gasteiger partial charge in [-0.3, -0.25) is 14.4 Å². The number of aliphatic hydroxyl groups excluding tert-OH is 1. The maximum absolute atomic E-state index is 13.6. The van der Waals surface area contributed by atoms with Crippen molar-refractivity contribution in [3.63, 3.8) is 0 Å². The summed E-state index contributed by atoms with van der Waals surface area (Å²) in [4.78, 5) is 39.0. The Bertz CT molecular complexity index is 1060. The molecule has 4 N–H and O–H groups in total. The van der Waals surface area contributed by atoms with Crippen molar-refractivity contribution in [2.75, 3.05) is 0 Å². The van der Waals surface area contributed by atoms with Gasteiger partial charge in [0, 0.05) is 0 Å². The molecule has 37 heavy (non-hydrogen) atoms. The van der Waals surface area contributed by atoms with E-state index >= 15 is 0 Å². The molecule has 0 saturated heterocycles. The van der Waals surface area contributed by atoms with Crippen LogP contribution in [-0.2, 0) is 14.4 Å². The van der Waals surface area contributed by atoms with Crippen LogP contribution in [0, 0.1) is 62.6 Å². The highest BCUT2D eigenvalue weighted by atomic mass is 16.4. The molecule has 0 heterocycles. The van der Waals surface area contributed by atoms with Crippen LogP contribution in [-0.4, -0.2) is 44.4 Å². The third-order valence-corrected chi connectivity index (χ3v) is 13.4. The molecule has 11 atom stereocenters. The number of hydrogen-bond acceptors (Lipinski definition) is 4. The van der Waals surface area contributed by atoms with E-state index in [-0.39, 0.29) is 29.6 Å². The van der Waals surface area contributed by atoms with Crippen LogP contribution in [0.15, 0.2) is 12.2 Å². The highest BCUT2D eigenvalue weighted by molar-refractivity contribution is 5.81. The first-order valence-electron chi connectivity index (χ1n) is 14.1. The minimum Gasteiger partial charge on any atom is -0.481 e. The van der Waals surface area contributed by atoms with E-state index in [0.717, 1.165) is 12.0 Å². The summed E-state index contributed by atoms with van der Waals surface area (Å²) < 4.78 is 0. The van der Waals surface area contributed by atoms with Gasteiger partial charge in [0.15, 0.2) is 0 Å². The monoisotopic (exact) mass is 516 g/mol. The number of allylic oxidation sites excluding steroid dienone is 1. The van der Waals surface area contributed by atoms with Crippen molar-refractivity contribution in [2.24, 2.45) is 62.6 Å². The van der Waals surface area contributed by atoms with Crippen molar-refractivity contribution < 1.29 is 34.8 Å². The van der Waals surface area contributed by atoms with Crippen molar-refractivity contribution in [3.05, 3.63) is 12.2 Å². The van der Waals surface area contributed by atoms with Crippen LogP contribution in [0.25, 0.3) is 0 Å². The molecular weight excluding hydrogens is 472 g/mol. The van der Waals surface area contributed by atoms with Crippen LogP contribution >= 0.6 is 0 Å². The first-order valence-corrected chi connectivity index (χ1v) is 14.1. The van der Waals surface area contributed by atoms with Gasteiger partial charge in [-0.05, 0) is 104 Å². The second kappa shape index (κ2) is 7.83. The lowest BCUT2D eigenvalue weighted by Crippen LogP contribution is -2.68. The van der Waals surface area contributed by atoms with E-state index in [1.165, 1.54) is 0 Å². The third kappa shape index (κ3) is 2.85. The van der Waals surface area contributed by atoms with Crippen molar-refractivity contribution in [3.8, 4) is 0 Å². The Hall–Kier alpha value is -1.89. The van der Waals surface area contributed by atoms with Gasteiger partial charge in [0.25, 0.3) is 0 Å².